The standard InChI is InChI=1S/C17H24FNO/c18-15-6-7-16-12(9-15)5-8-17(16)19-10-13-3-1-2-4-14(13)11-20/h6-7,9,13-14,17,19-20H,1-5,8,10-11H2. The van der Waals surface area contributed by atoms with E-state index >= 15 is 0 Å². The maximum atomic E-state index is 13.2. The summed E-state index contributed by atoms with van der Waals surface area (Å²) in [6.45, 7) is 1.30. The van der Waals surface area contributed by atoms with Gasteiger partial charge in [0.25, 0.3) is 0 Å². The van der Waals surface area contributed by atoms with Gasteiger partial charge in [-0.25, -0.2) is 4.39 Å². The van der Waals surface area contributed by atoms with Gasteiger partial charge in [-0.3, -0.25) is 0 Å². The van der Waals surface area contributed by atoms with Crippen LogP contribution in [0.25, 0.3) is 0 Å². The highest BCUT2D eigenvalue weighted by molar-refractivity contribution is 5.34. The normalized spacial score (nSPS) is 29.4. The molecule has 2 aliphatic carbocycles. The molecule has 0 heterocycles. The summed E-state index contributed by atoms with van der Waals surface area (Å²) >= 11 is 0. The number of benzene rings is 1. The second-order valence-electron chi connectivity index (χ2n) is 6.33. The lowest BCUT2D eigenvalue weighted by atomic mass is 9.79. The Labute approximate surface area is 120 Å². The van der Waals surface area contributed by atoms with Crippen molar-refractivity contribution in [3.8, 4) is 0 Å². The van der Waals surface area contributed by atoms with E-state index in [2.05, 4.69) is 5.32 Å². The van der Waals surface area contributed by atoms with Crippen LogP contribution in [0.2, 0.25) is 0 Å². The van der Waals surface area contributed by atoms with Crippen molar-refractivity contribution in [3.63, 3.8) is 0 Å². The number of aliphatic hydroxyl groups is 1. The Kier molecular flexibility index (Phi) is 4.37. The lowest BCUT2D eigenvalue weighted by Crippen LogP contribution is -2.33. The SMILES string of the molecule is OCC1CCCCC1CNC1CCc2cc(F)ccc21. The van der Waals surface area contributed by atoms with Crippen molar-refractivity contribution < 1.29 is 9.50 Å². The molecule has 0 aromatic heterocycles. The molecule has 3 heteroatoms. The van der Waals surface area contributed by atoms with E-state index in [0.29, 0.717) is 24.5 Å². The van der Waals surface area contributed by atoms with Crippen LogP contribution in [0, 0.1) is 17.7 Å². The highest BCUT2D eigenvalue weighted by atomic mass is 19.1. The van der Waals surface area contributed by atoms with Crippen LogP contribution >= 0.6 is 0 Å². The molecule has 3 atom stereocenters. The fraction of sp³-hybridized carbons (Fsp3) is 0.647. The molecular weight excluding hydrogens is 253 g/mol. The molecule has 0 bridgehead atoms. The molecule has 110 valence electrons. The Hall–Kier alpha value is -0.930. The fourth-order valence-electron chi connectivity index (χ4n) is 3.89. The number of rotatable bonds is 4. The molecule has 2 N–H and O–H groups in total. The summed E-state index contributed by atoms with van der Waals surface area (Å²) in [5, 5.41) is 13.1. The van der Waals surface area contributed by atoms with Gasteiger partial charge in [0, 0.05) is 12.6 Å². The van der Waals surface area contributed by atoms with Crippen LogP contribution in [0.3, 0.4) is 0 Å². The molecule has 0 saturated heterocycles. The fourth-order valence-corrected chi connectivity index (χ4v) is 3.89. The van der Waals surface area contributed by atoms with Gasteiger partial charge in [0.2, 0.25) is 0 Å². The van der Waals surface area contributed by atoms with E-state index in [0.717, 1.165) is 31.4 Å². The van der Waals surface area contributed by atoms with Crippen molar-refractivity contribution in [2.24, 2.45) is 11.8 Å². The summed E-state index contributed by atoms with van der Waals surface area (Å²) in [4.78, 5) is 0. The zero-order valence-electron chi connectivity index (χ0n) is 11.9. The smallest absolute Gasteiger partial charge is 0.123 e. The molecule has 3 rings (SSSR count). The van der Waals surface area contributed by atoms with E-state index in [1.165, 1.54) is 24.8 Å². The summed E-state index contributed by atoms with van der Waals surface area (Å²) in [5.74, 6) is 0.931. The van der Waals surface area contributed by atoms with Crippen molar-refractivity contribution in [3.05, 3.63) is 35.1 Å². The molecule has 2 nitrogen and oxygen atoms in total. The number of hydrogen-bond acceptors (Lipinski definition) is 2. The number of aliphatic hydroxyl groups excluding tert-OH is 1. The highest BCUT2D eigenvalue weighted by Crippen LogP contribution is 2.33. The van der Waals surface area contributed by atoms with Crippen LogP contribution in [0.5, 0.6) is 0 Å². The highest BCUT2D eigenvalue weighted by Gasteiger charge is 2.27. The number of halogens is 1. The summed E-state index contributed by atoms with van der Waals surface area (Å²) in [6, 6.07) is 5.54. The topological polar surface area (TPSA) is 32.3 Å². The minimum Gasteiger partial charge on any atom is -0.396 e. The zero-order valence-corrected chi connectivity index (χ0v) is 11.9. The Morgan fingerprint density at radius 3 is 2.75 bits per heavy atom. The van der Waals surface area contributed by atoms with Crippen molar-refractivity contribution in [2.45, 2.75) is 44.6 Å². The summed E-state index contributed by atoms with van der Waals surface area (Å²) in [6.07, 6.45) is 6.97. The summed E-state index contributed by atoms with van der Waals surface area (Å²) in [7, 11) is 0. The molecule has 1 aromatic carbocycles. The minimum absolute atomic E-state index is 0.128. The van der Waals surface area contributed by atoms with E-state index < -0.39 is 0 Å². The second-order valence-corrected chi connectivity index (χ2v) is 6.33. The molecule has 1 fully saturated rings. The van der Waals surface area contributed by atoms with Gasteiger partial charge in [0.15, 0.2) is 0 Å². The lowest BCUT2D eigenvalue weighted by Gasteiger charge is -2.31. The van der Waals surface area contributed by atoms with Gasteiger partial charge in [0.1, 0.15) is 5.82 Å². The van der Waals surface area contributed by atoms with Crippen LogP contribution in [0.1, 0.15) is 49.3 Å². The molecule has 1 aromatic rings. The average molecular weight is 277 g/mol. The zero-order chi connectivity index (χ0) is 13.9. The predicted molar refractivity (Wildman–Crippen MR) is 78.0 cm³/mol. The van der Waals surface area contributed by atoms with Crippen molar-refractivity contribution >= 4 is 0 Å². The third kappa shape index (κ3) is 2.89. The van der Waals surface area contributed by atoms with Gasteiger partial charge < -0.3 is 10.4 Å². The molecule has 3 unspecified atom stereocenters. The second kappa shape index (κ2) is 6.23. The first-order chi connectivity index (χ1) is 9.78. The molecule has 0 spiro atoms. The van der Waals surface area contributed by atoms with Crippen LogP contribution in [0.4, 0.5) is 4.39 Å². The van der Waals surface area contributed by atoms with Gasteiger partial charge in [-0.2, -0.15) is 0 Å². The third-order valence-corrected chi connectivity index (χ3v) is 5.11. The van der Waals surface area contributed by atoms with E-state index in [9.17, 15) is 9.50 Å². The largest absolute Gasteiger partial charge is 0.396 e. The third-order valence-electron chi connectivity index (χ3n) is 5.11. The quantitative estimate of drug-likeness (QED) is 0.886. The maximum Gasteiger partial charge on any atom is 0.123 e. The van der Waals surface area contributed by atoms with E-state index in [1.54, 1.807) is 12.1 Å². The van der Waals surface area contributed by atoms with Crippen LogP contribution in [-0.2, 0) is 6.42 Å². The summed E-state index contributed by atoms with van der Waals surface area (Å²) in [5.41, 5.74) is 2.42. The molecule has 0 amide bonds. The number of hydrogen-bond donors (Lipinski definition) is 2. The lowest BCUT2D eigenvalue weighted by molar-refractivity contribution is 0.131. The van der Waals surface area contributed by atoms with Gasteiger partial charge >= 0.3 is 0 Å². The number of nitrogens with one attached hydrogen (secondary N) is 1. The molecule has 20 heavy (non-hydrogen) atoms. The average Bonchev–Trinajstić information content (AvgIpc) is 2.87. The molecule has 0 aliphatic heterocycles. The Morgan fingerprint density at radius 2 is 1.95 bits per heavy atom. The monoisotopic (exact) mass is 277 g/mol. The van der Waals surface area contributed by atoms with Crippen LogP contribution in [-0.4, -0.2) is 18.3 Å². The summed E-state index contributed by atoms with van der Waals surface area (Å²) < 4.78 is 13.2. The van der Waals surface area contributed by atoms with Crippen molar-refractivity contribution in [1.29, 1.82) is 0 Å². The maximum absolute atomic E-state index is 13.2. The van der Waals surface area contributed by atoms with Crippen LogP contribution < -0.4 is 5.32 Å². The van der Waals surface area contributed by atoms with Crippen molar-refractivity contribution in [2.75, 3.05) is 13.2 Å². The molecular formula is C17H24FNO. The van der Waals surface area contributed by atoms with E-state index in [1.807, 2.05) is 6.07 Å². The van der Waals surface area contributed by atoms with Gasteiger partial charge in [-0.05, 0) is 67.3 Å². The molecule has 2 aliphatic rings. The first-order valence-electron chi connectivity index (χ1n) is 7.90. The van der Waals surface area contributed by atoms with E-state index in [-0.39, 0.29) is 5.82 Å². The Morgan fingerprint density at radius 1 is 1.15 bits per heavy atom. The molecule has 0 radical (unpaired) electrons. The molecule has 1 saturated carbocycles. The van der Waals surface area contributed by atoms with Crippen LogP contribution in [0.15, 0.2) is 18.2 Å². The van der Waals surface area contributed by atoms with Crippen molar-refractivity contribution in [1.82, 2.24) is 5.32 Å². The predicted octanol–water partition coefficient (Wildman–Crippen LogP) is 3.20. The first kappa shape index (κ1) is 14.0. The first-order valence-corrected chi connectivity index (χ1v) is 7.90. The number of aryl methyl sites for hydroxylation is 1. The number of fused-ring (bicyclic) bond motifs is 1. The Balaban J connectivity index is 1.60. The van der Waals surface area contributed by atoms with Gasteiger partial charge in [-0.15, -0.1) is 0 Å². The van der Waals surface area contributed by atoms with E-state index in [4.69, 9.17) is 0 Å². The van der Waals surface area contributed by atoms with Gasteiger partial charge in [-0.1, -0.05) is 18.9 Å². The van der Waals surface area contributed by atoms with Gasteiger partial charge in [0.05, 0.1) is 0 Å². The Bertz CT molecular complexity index is 462. The minimum atomic E-state index is -0.128.